The van der Waals surface area contributed by atoms with Crippen LogP contribution >= 0.6 is 0 Å². The standard InChI is InChI=1S/C19H18F2N6O4S/c1-32(28,29)31-14-8-27(9-14)19-26-25-17(30-19)12-6-22-18(23-7-12)24-13-2-10-4-15(20)16(21)5-11(10)3-13/h4-7,13-14H,2-3,8-9H2,1H3,(H,22,23,24). The Hall–Kier alpha value is -3.19. The summed E-state index contributed by atoms with van der Waals surface area (Å²) < 4.78 is 59.6. The Morgan fingerprint density at radius 3 is 2.31 bits per heavy atom. The molecular weight excluding hydrogens is 446 g/mol. The van der Waals surface area contributed by atoms with Crippen LogP contribution in [0.15, 0.2) is 28.9 Å². The van der Waals surface area contributed by atoms with Crippen LogP contribution in [0.1, 0.15) is 11.1 Å². The van der Waals surface area contributed by atoms with E-state index in [1.54, 1.807) is 4.90 Å². The van der Waals surface area contributed by atoms with Crippen LogP contribution in [0, 0.1) is 11.6 Å². The minimum absolute atomic E-state index is 0.0689. The molecule has 0 spiro atoms. The maximum Gasteiger partial charge on any atom is 0.318 e. The van der Waals surface area contributed by atoms with Crippen molar-refractivity contribution in [2.75, 3.05) is 29.6 Å². The first kappa shape index (κ1) is 20.7. The van der Waals surface area contributed by atoms with Gasteiger partial charge < -0.3 is 14.6 Å². The number of benzene rings is 1. The highest BCUT2D eigenvalue weighted by Crippen LogP contribution is 2.28. The number of anilines is 2. The van der Waals surface area contributed by atoms with E-state index in [1.165, 1.54) is 24.5 Å². The summed E-state index contributed by atoms with van der Waals surface area (Å²) in [5.41, 5.74) is 2.05. The van der Waals surface area contributed by atoms with Gasteiger partial charge in [-0.2, -0.15) is 8.42 Å². The number of aromatic nitrogens is 4. The number of rotatable bonds is 6. The third kappa shape index (κ3) is 4.25. The van der Waals surface area contributed by atoms with Gasteiger partial charge >= 0.3 is 6.01 Å². The number of hydrogen-bond acceptors (Lipinski definition) is 10. The molecule has 0 unspecified atom stereocenters. The average molecular weight is 464 g/mol. The minimum Gasteiger partial charge on any atom is -0.403 e. The van der Waals surface area contributed by atoms with E-state index >= 15 is 0 Å². The molecule has 3 aromatic rings. The lowest BCUT2D eigenvalue weighted by atomic mass is 10.1. The van der Waals surface area contributed by atoms with Crippen molar-refractivity contribution >= 4 is 22.1 Å². The number of nitrogens with zero attached hydrogens (tertiary/aromatic N) is 5. The Balaban J connectivity index is 1.19. The van der Waals surface area contributed by atoms with Gasteiger partial charge in [0.05, 0.1) is 24.9 Å². The van der Waals surface area contributed by atoms with Gasteiger partial charge in [0.15, 0.2) is 11.6 Å². The molecule has 0 bridgehead atoms. The molecule has 1 aliphatic heterocycles. The summed E-state index contributed by atoms with van der Waals surface area (Å²) in [5.74, 6) is -1.10. The van der Waals surface area contributed by atoms with Crippen molar-refractivity contribution in [3.63, 3.8) is 0 Å². The van der Waals surface area contributed by atoms with Crippen LogP contribution in [-0.2, 0) is 27.1 Å². The molecule has 2 aliphatic rings. The maximum atomic E-state index is 13.4. The minimum atomic E-state index is -3.51. The maximum absolute atomic E-state index is 13.4. The Morgan fingerprint density at radius 2 is 1.72 bits per heavy atom. The molecule has 0 saturated carbocycles. The molecule has 0 atom stereocenters. The van der Waals surface area contributed by atoms with Crippen molar-refractivity contribution in [2.24, 2.45) is 0 Å². The van der Waals surface area contributed by atoms with Crippen molar-refractivity contribution < 1.29 is 25.8 Å². The van der Waals surface area contributed by atoms with Crippen LogP contribution < -0.4 is 10.2 Å². The molecule has 32 heavy (non-hydrogen) atoms. The van der Waals surface area contributed by atoms with Gasteiger partial charge in [0.2, 0.25) is 5.95 Å². The van der Waals surface area contributed by atoms with Gasteiger partial charge in [-0.05, 0) is 36.1 Å². The topological polar surface area (TPSA) is 123 Å². The van der Waals surface area contributed by atoms with Gasteiger partial charge in [0, 0.05) is 18.4 Å². The van der Waals surface area contributed by atoms with E-state index in [9.17, 15) is 17.2 Å². The van der Waals surface area contributed by atoms with E-state index in [0.717, 1.165) is 17.4 Å². The Kier molecular flexibility index (Phi) is 5.01. The molecule has 0 amide bonds. The summed E-state index contributed by atoms with van der Waals surface area (Å²) in [7, 11) is -3.51. The van der Waals surface area contributed by atoms with Gasteiger partial charge in [-0.1, -0.05) is 5.10 Å². The van der Waals surface area contributed by atoms with Gasteiger partial charge in [0.25, 0.3) is 16.0 Å². The second-order valence-corrected chi connectivity index (χ2v) is 9.40. The zero-order valence-corrected chi connectivity index (χ0v) is 17.6. The molecule has 3 heterocycles. The van der Waals surface area contributed by atoms with E-state index in [-0.39, 0.29) is 17.9 Å². The predicted octanol–water partition coefficient (Wildman–Crippen LogP) is 1.55. The lowest BCUT2D eigenvalue weighted by Gasteiger charge is -2.36. The molecule has 1 aliphatic carbocycles. The third-order valence-electron chi connectivity index (χ3n) is 5.25. The molecule has 168 valence electrons. The number of nitrogens with one attached hydrogen (secondary N) is 1. The molecule has 10 nitrogen and oxygen atoms in total. The van der Waals surface area contributed by atoms with E-state index in [4.69, 9.17) is 8.60 Å². The van der Waals surface area contributed by atoms with Crippen molar-refractivity contribution in [1.29, 1.82) is 0 Å². The SMILES string of the molecule is CS(=O)(=O)OC1CN(c2nnc(-c3cnc(NC4Cc5cc(F)c(F)cc5C4)nc3)o2)C1. The lowest BCUT2D eigenvalue weighted by Crippen LogP contribution is -2.53. The van der Waals surface area contributed by atoms with Gasteiger partial charge in [-0.3, -0.25) is 4.18 Å². The van der Waals surface area contributed by atoms with E-state index in [1.807, 2.05) is 0 Å². The first-order valence-electron chi connectivity index (χ1n) is 9.76. The van der Waals surface area contributed by atoms with Crippen LogP contribution in [0.25, 0.3) is 11.5 Å². The Morgan fingerprint density at radius 1 is 1.09 bits per heavy atom. The summed E-state index contributed by atoms with van der Waals surface area (Å²) in [6.45, 7) is 0.650. The van der Waals surface area contributed by atoms with Gasteiger partial charge in [-0.25, -0.2) is 18.7 Å². The van der Waals surface area contributed by atoms with Crippen LogP contribution in [0.4, 0.5) is 20.7 Å². The van der Waals surface area contributed by atoms with Crippen LogP contribution in [0.3, 0.4) is 0 Å². The highest BCUT2D eigenvalue weighted by Gasteiger charge is 2.34. The Bertz CT molecular complexity index is 1230. The number of fused-ring (bicyclic) bond motifs is 1. The fraction of sp³-hybridized carbons (Fsp3) is 0.368. The van der Waals surface area contributed by atoms with Crippen molar-refractivity contribution in [1.82, 2.24) is 20.2 Å². The molecular formula is C19H18F2N6O4S. The quantitative estimate of drug-likeness (QED) is 0.538. The average Bonchev–Trinajstić information content (AvgIpc) is 3.31. The number of halogens is 2. The fourth-order valence-electron chi connectivity index (χ4n) is 3.77. The molecule has 5 rings (SSSR count). The van der Waals surface area contributed by atoms with Crippen LogP contribution in [0.5, 0.6) is 0 Å². The van der Waals surface area contributed by atoms with Gasteiger partial charge in [-0.15, -0.1) is 5.10 Å². The van der Waals surface area contributed by atoms with Crippen molar-refractivity contribution in [2.45, 2.75) is 25.0 Å². The smallest absolute Gasteiger partial charge is 0.318 e. The van der Waals surface area contributed by atoms with Crippen LogP contribution in [-0.4, -0.2) is 60.1 Å². The molecule has 1 aromatic carbocycles. The van der Waals surface area contributed by atoms with Crippen LogP contribution in [0.2, 0.25) is 0 Å². The first-order valence-corrected chi connectivity index (χ1v) is 11.6. The molecule has 1 saturated heterocycles. The zero-order chi connectivity index (χ0) is 22.5. The fourth-order valence-corrected chi connectivity index (χ4v) is 4.39. The Labute approximate surface area is 181 Å². The summed E-state index contributed by atoms with van der Waals surface area (Å²) in [6.07, 6.45) is 4.71. The summed E-state index contributed by atoms with van der Waals surface area (Å²) in [6, 6.07) is 2.65. The highest BCUT2D eigenvalue weighted by molar-refractivity contribution is 7.86. The molecule has 0 radical (unpaired) electrons. The van der Waals surface area contributed by atoms with Gasteiger partial charge in [0.1, 0.15) is 6.10 Å². The van der Waals surface area contributed by atoms with E-state index in [2.05, 4.69) is 25.5 Å². The summed E-state index contributed by atoms with van der Waals surface area (Å²) >= 11 is 0. The second-order valence-electron chi connectivity index (χ2n) is 7.80. The molecule has 13 heteroatoms. The highest BCUT2D eigenvalue weighted by atomic mass is 32.2. The second kappa shape index (κ2) is 7.74. The molecule has 2 aromatic heterocycles. The predicted molar refractivity (Wildman–Crippen MR) is 108 cm³/mol. The normalized spacial score (nSPS) is 16.8. The van der Waals surface area contributed by atoms with Crippen molar-refractivity contribution in [3.8, 4) is 11.5 Å². The lowest BCUT2D eigenvalue weighted by molar-refractivity contribution is 0.171. The first-order chi connectivity index (χ1) is 15.2. The monoisotopic (exact) mass is 464 g/mol. The molecule has 1 fully saturated rings. The van der Waals surface area contributed by atoms with Crippen molar-refractivity contribution in [3.05, 3.63) is 47.3 Å². The zero-order valence-electron chi connectivity index (χ0n) is 16.8. The molecule has 1 N–H and O–H groups in total. The summed E-state index contributed by atoms with van der Waals surface area (Å²) in [4.78, 5) is 10.2. The number of hydrogen-bond donors (Lipinski definition) is 1. The summed E-state index contributed by atoms with van der Waals surface area (Å²) in [5, 5.41) is 11.1. The largest absolute Gasteiger partial charge is 0.403 e. The van der Waals surface area contributed by atoms with E-state index < -0.39 is 27.9 Å². The van der Waals surface area contributed by atoms with E-state index in [0.29, 0.717) is 37.4 Å². The third-order valence-corrected chi connectivity index (χ3v) is 5.87.